The minimum absolute atomic E-state index is 0.0870. The van der Waals surface area contributed by atoms with Crippen LogP contribution in [0.4, 0.5) is 0 Å². The molecule has 2 bridgehead atoms. The van der Waals surface area contributed by atoms with Crippen LogP contribution in [0.2, 0.25) is 0 Å². The molecule has 0 radical (unpaired) electrons. The molecule has 4 N–H and O–H groups in total. The Morgan fingerprint density at radius 3 is 2.62 bits per heavy atom. The van der Waals surface area contributed by atoms with Crippen LogP contribution in [0.25, 0.3) is 0 Å². The van der Waals surface area contributed by atoms with E-state index in [1.807, 2.05) is 28.1 Å². The first-order valence-electron chi connectivity index (χ1n) is 16.9. The van der Waals surface area contributed by atoms with Crippen molar-refractivity contribution in [3.8, 4) is 0 Å². The highest BCUT2D eigenvalue weighted by atomic mass is 16.5. The van der Waals surface area contributed by atoms with Gasteiger partial charge in [-0.1, -0.05) is 44.2 Å². The number of hydrogen-bond acceptors (Lipinski definition) is 6. The molecular weight excluding hydrogens is 562 g/mol. The third kappa shape index (κ3) is 13.8. The molecule has 1 heterocycles. The third-order valence-electron chi connectivity index (χ3n) is 8.48. The number of carbonyl (C=O) groups is 1. The van der Waals surface area contributed by atoms with Crippen molar-refractivity contribution in [1.29, 1.82) is 0 Å². The summed E-state index contributed by atoms with van der Waals surface area (Å²) in [6.07, 6.45) is 15.3. The predicted octanol–water partition coefficient (Wildman–Crippen LogP) is 4.77. The van der Waals surface area contributed by atoms with Gasteiger partial charge >= 0.3 is 0 Å². The molecule has 1 aliphatic heterocycles. The lowest BCUT2D eigenvalue weighted by molar-refractivity contribution is -0.120. The lowest BCUT2D eigenvalue weighted by Crippen LogP contribution is -2.42. The highest BCUT2D eigenvalue weighted by Gasteiger charge is 2.30. The van der Waals surface area contributed by atoms with Crippen LogP contribution in [0.3, 0.4) is 0 Å². The molecule has 0 saturated carbocycles. The molecular formula is C36H61N7O2. The second-order valence-corrected chi connectivity index (χ2v) is 12.0. The van der Waals surface area contributed by atoms with Gasteiger partial charge in [0.05, 0.1) is 24.7 Å². The number of hydrogen-bond donors (Lipinski definition) is 4. The maximum Gasteiger partial charge on any atom is 0.219 e. The number of allylic oxidation sites excluding steroid dienone is 3. The molecule has 45 heavy (non-hydrogen) atoms. The molecule has 2 rings (SSSR count). The first-order chi connectivity index (χ1) is 21.8. The summed E-state index contributed by atoms with van der Waals surface area (Å²) in [4.78, 5) is 23.0. The van der Waals surface area contributed by atoms with E-state index in [1.54, 1.807) is 0 Å². The Balaban J connectivity index is 2.10. The summed E-state index contributed by atoms with van der Waals surface area (Å²) in [6, 6.07) is 0.144. The highest BCUT2D eigenvalue weighted by Crippen LogP contribution is 2.38. The maximum atomic E-state index is 11.7. The van der Waals surface area contributed by atoms with Crippen LogP contribution in [0.5, 0.6) is 0 Å². The van der Waals surface area contributed by atoms with Crippen LogP contribution >= 0.6 is 0 Å². The molecule has 2 aliphatic rings. The van der Waals surface area contributed by atoms with Gasteiger partial charge in [-0.2, -0.15) is 0 Å². The molecule has 1 aliphatic carbocycles. The largest absolute Gasteiger partial charge is 0.497 e. The minimum Gasteiger partial charge on any atom is -0.497 e. The predicted molar refractivity (Wildman–Crippen MR) is 191 cm³/mol. The summed E-state index contributed by atoms with van der Waals surface area (Å²) in [5, 5.41) is 13.3. The van der Waals surface area contributed by atoms with Crippen molar-refractivity contribution in [3.05, 3.63) is 59.9 Å². The average molecular weight is 624 g/mol. The van der Waals surface area contributed by atoms with Gasteiger partial charge in [-0.05, 0) is 69.3 Å². The number of carbonyl (C=O) groups excluding carboxylic acids is 1. The normalized spacial score (nSPS) is 23.2. The van der Waals surface area contributed by atoms with Gasteiger partial charge in [-0.15, -0.1) is 6.58 Å². The van der Waals surface area contributed by atoms with Crippen LogP contribution in [-0.4, -0.2) is 95.5 Å². The molecule has 3 atom stereocenters. The quantitative estimate of drug-likeness (QED) is 0.106. The van der Waals surface area contributed by atoms with E-state index in [9.17, 15) is 4.79 Å². The zero-order valence-corrected chi connectivity index (χ0v) is 29.0. The number of ether oxygens (including phenoxy) is 1. The number of rotatable bonds is 17. The van der Waals surface area contributed by atoms with Gasteiger partial charge in [-0.25, -0.2) is 0 Å². The molecule has 252 valence electrons. The van der Waals surface area contributed by atoms with E-state index < -0.39 is 0 Å². The molecule has 1 amide bonds. The zero-order chi connectivity index (χ0) is 33.0. The molecule has 0 aromatic rings. The Hall–Kier alpha value is -3.17. The van der Waals surface area contributed by atoms with Crippen molar-refractivity contribution in [2.75, 3.05) is 67.0 Å². The maximum absolute atomic E-state index is 11.7. The van der Waals surface area contributed by atoms with Crippen LogP contribution in [-0.2, 0) is 9.53 Å². The van der Waals surface area contributed by atoms with Gasteiger partial charge in [0.2, 0.25) is 5.91 Å². The van der Waals surface area contributed by atoms with Gasteiger partial charge in [0.15, 0.2) is 0 Å². The highest BCUT2D eigenvalue weighted by molar-refractivity contribution is 5.84. The fraction of sp³-hybridized carbons (Fsp3) is 0.639. The molecule has 2 unspecified atom stereocenters. The van der Waals surface area contributed by atoms with Crippen LogP contribution in [0.15, 0.2) is 69.9 Å². The van der Waals surface area contributed by atoms with E-state index in [0.717, 1.165) is 81.2 Å². The monoisotopic (exact) mass is 623 g/mol. The molecule has 9 heteroatoms. The lowest BCUT2D eigenvalue weighted by Gasteiger charge is -2.34. The van der Waals surface area contributed by atoms with E-state index in [-0.39, 0.29) is 17.9 Å². The first kappa shape index (κ1) is 38.0. The Morgan fingerprint density at radius 2 is 1.96 bits per heavy atom. The second-order valence-electron chi connectivity index (χ2n) is 12.0. The van der Waals surface area contributed by atoms with Gasteiger partial charge in [0, 0.05) is 71.5 Å². The average Bonchev–Trinajstić information content (AvgIpc) is 3.05. The SMILES string of the molecule is C=C[C@@H]1CO/C2=C/C(C(C)NC(CCNC)=NC)=C\CCC/C(=C/C(=C)CNC(CN(CCC)CCNC(=O)CC)=NC)C1C2. The smallest absolute Gasteiger partial charge is 0.219 e. The first-order valence-corrected chi connectivity index (χ1v) is 16.9. The van der Waals surface area contributed by atoms with E-state index in [0.29, 0.717) is 38.6 Å². The Labute approximate surface area is 273 Å². The fourth-order valence-corrected chi connectivity index (χ4v) is 5.81. The summed E-state index contributed by atoms with van der Waals surface area (Å²) in [5.74, 6) is 3.66. The number of nitrogens with zero attached hydrogens (tertiary/aromatic N) is 3. The Morgan fingerprint density at radius 1 is 1.18 bits per heavy atom. The van der Waals surface area contributed by atoms with Crippen LogP contribution in [0, 0.1) is 11.8 Å². The van der Waals surface area contributed by atoms with Crippen molar-refractivity contribution < 1.29 is 9.53 Å². The van der Waals surface area contributed by atoms with Crippen molar-refractivity contribution in [2.24, 2.45) is 21.8 Å². The van der Waals surface area contributed by atoms with Crippen molar-refractivity contribution in [1.82, 2.24) is 26.2 Å². The molecule has 0 aromatic carbocycles. The minimum atomic E-state index is 0.0870. The third-order valence-corrected chi connectivity index (χ3v) is 8.48. The number of nitrogens with one attached hydrogen (secondary N) is 4. The molecule has 0 spiro atoms. The summed E-state index contributed by atoms with van der Waals surface area (Å²) in [7, 11) is 5.64. The van der Waals surface area contributed by atoms with E-state index in [4.69, 9.17) is 4.74 Å². The van der Waals surface area contributed by atoms with E-state index in [1.165, 1.54) is 11.1 Å². The molecule has 1 fully saturated rings. The summed E-state index contributed by atoms with van der Waals surface area (Å²) < 4.78 is 6.29. The standard InChI is InChI=1S/C36H61N7O2/c1-9-19-43(20-18-40-36(44)11-3)25-35(39-8)41-24-27(4)21-31-15-13-12-14-30(28(5)42-34(38-7)16-17-37-6)22-32-23-33(31)29(10-2)26-45-32/h10,14,21-22,28-29,33,37H,2,4,9,11-13,15-20,23-26H2,1,3,5-8H3,(H,38,42)(H,39,41)(H,40,44)/b30-14+,31-21-,32-22+/t28?,29-,33?/m1/s1. The number of amides is 1. The van der Waals surface area contributed by atoms with Crippen LogP contribution < -0.4 is 21.3 Å². The number of amidine groups is 2. The van der Waals surface area contributed by atoms with Crippen LogP contribution in [0.1, 0.15) is 65.7 Å². The summed E-state index contributed by atoms with van der Waals surface area (Å²) in [5.41, 5.74) is 3.72. The van der Waals surface area contributed by atoms with Crippen molar-refractivity contribution >= 4 is 17.6 Å². The van der Waals surface area contributed by atoms with Gasteiger partial charge in [0.1, 0.15) is 5.84 Å². The van der Waals surface area contributed by atoms with Gasteiger partial charge < -0.3 is 26.0 Å². The topological polar surface area (TPSA) is 102 Å². The number of fused-ring (bicyclic) bond motifs is 2. The molecule has 0 aromatic heterocycles. The van der Waals surface area contributed by atoms with Gasteiger partial charge in [-0.3, -0.25) is 19.7 Å². The lowest BCUT2D eigenvalue weighted by atomic mass is 9.78. The zero-order valence-electron chi connectivity index (χ0n) is 29.0. The number of aliphatic imine (C=N–C) groups is 2. The van der Waals surface area contributed by atoms with Crippen molar-refractivity contribution in [2.45, 2.75) is 71.8 Å². The van der Waals surface area contributed by atoms with E-state index >= 15 is 0 Å². The molecule has 9 nitrogen and oxygen atoms in total. The van der Waals surface area contributed by atoms with Gasteiger partial charge in [0.25, 0.3) is 0 Å². The molecule has 1 saturated heterocycles. The fourth-order valence-electron chi connectivity index (χ4n) is 5.81. The van der Waals surface area contributed by atoms with Crippen molar-refractivity contribution in [3.63, 3.8) is 0 Å². The van der Waals surface area contributed by atoms with E-state index in [2.05, 4.69) is 87.5 Å². The summed E-state index contributed by atoms with van der Waals surface area (Å²) in [6.45, 7) is 20.1. The Kier molecular flexibility index (Phi) is 18.2. The summed E-state index contributed by atoms with van der Waals surface area (Å²) >= 11 is 0. The Bertz CT molecular complexity index is 1100. The second kappa shape index (κ2) is 21.5.